The Hall–Kier alpha value is -3.80. The van der Waals surface area contributed by atoms with Gasteiger partial charge in [0, 0.05) is 24.4 Å². The molecule has 0 aromatic carbocycles. The number of hydrogen-bond donors (Lipinski definition) is 1. The lowest BCUT2D eigenvalue weighted by Crippen LogP contribution is -2.29. The first-order valence-electron chi connectivity index (χ1n) is 9.89. The summed E-state index contributed by atoms with van der Waals surface area (Å²) in [4.78, 5) is 25.0. The van der Waals surface area contributed by atoms with Crippen LogP contribution >= 0.6 is 12.2 Å². The van der Waals surface area contributed by atoms with E-state index in [1.54, 1.807) is 42.9 Å². The maximum Gasteiger partial charge on any atom is 0.312 e. The van der Waals surface area contributed by atoms with Crippen molar-refractivity contribution in [1.82, 2.24) is 29.8 Å². The van der Waals surface area contributed by atoms with Crippen molar-refractivity contribution in [3.63, 3.8) is 0 Å². The number of carbonyl (C=O) groups excluding carboxylic acids is 1. The third kappa shape index (κ3) is 4.04. The van der Waals surface area contributed by atoms with Gasteiger partial charge in [-0.25, -0.2) is 0 Å². The quantitative estimate of drug-likeness (QED) is 0.249. The molecule has 0 unspecified atom stereocenters. The van der Waals surface area contributed by atoms with Gasteiger partial charge in [-0.3, -0.25) is 29.2 Å². The highest BCUT2D eigenvalue weighted by Crippen LogP contribution is 2.24. The third-order valence-corrected chi connectivity index (χ3v) is 5.44. The SMILES string of the molecule is CCn1cc(CN2C(=O)/C(=C\c3ccc(Cn4nc(C)c([N+](=O)[O-])c4C)o3)NC2=S)cn1. The molecule has 11 nitrogen and oxygen atoms in total. The lowest BCUT2D eigenvalue weighted by atomic mass is 10.3. The van der Waals surface area contributed by atoms with E-state index in [2.05, 4.69) is 15.5 Å². The summed E-state index contributed by atoms with van der Waals surface area (Å²) in [7, 11) is 0. The second kappa shape index (κ2) is 8.38. The van der Waals surface area contributed by atoms with Gasteiger partial charge in [-0.2, -0.15) is 10.2 Å². The zero-order valence-corrected chi connectivity index (χ0v) is 18.5. The zero-order valence-electron chi connectivity index (χ0n) is 17.7. The number of carbonyl (C=O) groups is 1. The van der Waals surface area contributed by atoms with E-state index in [1.807, 2.05) is 13.1 Å². The highest BCUT2D eigenvalue weighted by molar-refractivity contribution is 7.80. The largest absolute Gasteiger partial charge is 0.460 e. The maximum atomic E-state index is 12.8. The van der Waals surface area contributed by atoms with E-state index in [9.17, 15) is 14.9 Å². The molecule has 3 aromatic rings. The number of hydrogen-bond acceptors (Lipinski definition) is 7. The molecule has 32 heavy (non-hydrogen) atoms. The first-order chi connectivity index (χ1) is 15.3. The molecule has 0 radical (unpaired) electrons. The molecule has 166 valence electrons. The number of nitro groups is 1. The molecule has 0 spiro atoms. The maximum absolute atomic E-state index is 12.8. The fourth-order valence-corrected chi connectivity index (χ4v) is 3.77. The van der Waals surface area contributed by atoms with Crippen molar-refractivity contribution in [1.29, 1.82) is 0 Å². The fraction of sp³-hybridized carbons (Fsp3) is 0.300. The topological polar surface area (TPSA) is 124 Å². The zero-order chi connectivity index (χ0) is 23.0. The molecule has 0 saturated carbocycles. The van der Waals surface area contributed by atoms with E-state index in [-0.39, 0.29) is 18.1 Å². The molecule has 1 N–H and O–H groups in total. The van der Waals surface area contributed by atoms with Crippen molar-refractivity contribution < 1.29 is 14.1 Å². The van der Waals surface area contributed by atoms with Crippen molar-refractivity contribution in [2.45, 2.75) is 40.4 Å². The van der Waals surface area contributed by atoms with Crippen molar-refractivity contribution >= 4 is 35.0 Å². The predicted molar refractivity (Wildman–Crippen MR) is 118 cm³/mol. The first-order valence-corrected chi connectivity index (χ1v) is 10.3. The van der Waals surface area contributed by atoms with Crippen LogP contribution in [0.3, 0.4) is 0 Å². The van der Waals surface area contributed by atoms with Gasteiger partial charge in [-0.15, -0.1) is 0 Å². The van der Waals surface area contributed by atoms with Gasteiger partial charge in [-0.1, -0.05) is 0 Å². The minimum absolute atomic E-state index is 0.00210. The molecule has 1 aliphatic heterocycles. The normalized spacial score (nSPS) is 15.1. The first kappa shape index (κ1) is 21.4. The Morgan fingerprint density at radius 2 is 2.09 bits per heavy atom. The van der Waals surface area contributed by atoms with Gasteiger partial charge in [0.15, 0.2) is 5.11 Å². The number of amides is 1. The Morgan fingerprint density at radius 1 is 1.31 bits per heavy atom. The molecule has 4 rings (SSSR count). The number of nitrogens with zero attached hydrogens (tertiary/aromatic N) is 6. The molecular formula is C20H21N7O4S. The van der Waals surface area contributed by atoms with Crippen molar-refractivity contribution in [3.05, 3.63) is 68.8 Å². The van der Waals surface area contributed by atoms with Gasteiger partial charge in [0.25, 0.3) is 5.91 Å². The summed E-state index contributed by atoms with van der Waals surface area (Å²) in [6.07, 6.45) is 5.17. The Morgan fingerprint density at radius 3 is 2.75 bits per heavy atom. The lowest BCUT2D eigenvalue weighted by molar-refractivity contribution is -0.386. The minimum Gasteiger partial charge on any atom is -0.460 e. The lowest BCUT2D eigenvalue weighted by Gasteiger charge is -2.12. The number of furan rings is 1. The average Bonchev–Trinajstić information content (AvgIpc) is 3.49. The van der Waals surface area contributed by atoms with Crippen LogP contribution < -0.4 is 5.32 Å². The van der Waals surface area contributed by atoms with Crippen LogP contribution in [-0.2, 0) is 24.4 Å². The van der Waals surface area contributed by atoms with Crippen molar-refractivity contribution in [3.8, 4) is 0 Å². The van der Waals surface area contributed by atoms with Crippen molar-refractivity contribution in [2.24, 2.45) is 0 Å². The highest BCUT2D eigenvalue weighted by atomic mass is 32.1. The van der Waals surface area contributed by atoms with Gasteiger partial charge in [0.05, 0.1) is 24.2 Å². The summed E-state index contributed by atoms with van der Waals surface area (Å²) in [6, 6.07) is 3.46. The monoisotopic (exact) mass is 455 g/mol. The minimum atomic E-state index is -0.439. The van der Waals surface area contributed by atoms with Crippen LogP contribution in [0.1, 0.15) is 35.4 Å². The van der Waals surface area contributed by atoms with Gasteiger partial charge in [0.2, 0.25) is 0 Å². The standard InChI is InChI=1S/C20H21N7O4S/c1-4-24-9-14(8-21-24)10-25-19(28)17(22-20(25)32)7-15-5-6-16(31-15)11-26-13(3)18(27(29)30)12(2)23-26/h5-9H,4,10-11H2,1-3H3,(H,22,32)/b17-7+. The number of rotatable bonds is 7. The molecule has 0 aliphatic carbocycles. The Bertz CT molecular complexity index is 1250. The molecule has 1 amide bonds. The van der Waals surface area contributed by atoms with Crippen molar-refractivity contribution in [2.75, 3.05) is 0 Å². The summed E-state index contributed by atoms with van der Waals surface area (Å²) >= 11 is 5.32. The Labute approximate surface area is 188 Å². The second-order valence-corrected chi connectivity index (χ2v) is 7.71. The van der Waals surface area contributed by atoms with Crippen LogP contribution in [0.25, 0.3) is 6.08 Å². The molecule has 4 heterocycles. The fourth-order valence-electron chi connectivity index (χ4n) is 3.51. The number of aryl methyl sites for hydroxylation is 2. The van der Waals surface area contributed by atoms with Crippen LogP contribution in [0.4, 0.5) is 5.69 Å². The number of aromatic nitrogens is 4. The Kier molecular flexibility index (Phi) is 5.61. The molecular weight excluding hydrogens is 434 g/mol. The Balaban J connectivity index is 1.48. The molecule has 0 atom stereocenters. The van der Waals surface area contributed by atoms with Crippen LogP contribution in [0, 0.1) is 24.0 Å². The summed E-state index contributed by atoms with van der Waals surface area (Å²) < 4.78 is 9.10. The predicted octanol–water partition coefficient (Wildman–Crippen LogP) is 2.52. The van der Waals surface area contributed by atoms with Gasteiger partial charge < -0.3 is 9.73 Å². The molecule has 3 aromatic heterocycles. The van der Waals surface area contributed by atoms with E-state index in [4.69, 9.17) is 16.6 Å². The van der Waals surface area contributed by atoms with Crippen LogP contribution in [0.15, 0.2) is 34.6 Å². The molecule has 1 fully saturated rings. The van der Waals surface area contributed by atoms with Crippen LogP contribution in [0.5, 0.6) is 0 Å². The third-order valence-electron chi connectivity index (χ3n) is 5.11. The van der Waals surface area contributed by atoms with E-state index >= 15 is 0 Å². The van der Waals surface area contributed by atoms with Gasteiger partial charge in [0.1, 0.15) is 28.6 Å². The van der Waals surface area contributed by atoms with E-state index in [1.165, 1.54) is 9.58 Å². The summed E-state index contributed by atoms with van der Waals surface area (Å²) in [5.74, 6) is 0.746. The molecule has 0 bridgehead atoms. The number of thiocarbonyl (C=S) groups is 1. The summed E-state index contributed by atoms with van der Waals surface area (Å²) in [5.41, 5.74) is 1.98. The summed E-state index contributed by atoms with van der Waals surface area (Å²) in [6.45, 7) is 6.52. The van der Waals surface area contributed by atoms with Crippen LogP contribution in [0.2, 0.25) is 0 Å². The second-order valence-electron chi connectivity index (χ2n) is 7.32. The van der Waals surface area contributed by atoms with Crippen LogP contribution in [-0.4, -0.2) is 40.4 Å². The van der Waals surface area contributed by atoms with Gasteiger partial charge in [-0.05, 0) is 45.1 Å². The van der Waals surface area contributed by atoms with E-state index in [0.717, 1.165) is 12.1 Å². The highest BCUT2D eigenvalue weighted by Gasteiger charge is 2.31. The molecule has 1 saturated heterocycles. The van der Waals surface area contributed by atoms with Gasteiger partial charge >= 0.3 is 5.69 Å². The number of nitrogens with one attached hydrogen (secondary N) is 1. The van der Waals surface area contributed by atoms with E-state index < -0.39 is 4.92 Å². The summed E-state index contributed by atoms with van der Waals surface area (Å²) in [5, 5.41) is 22.9. The molecule has 1 aliphatic rings. The van der Waals surface area contributed by atoms with E-state index in [0.29, 0.717) is 40.3 Å². The molecule has 12 heteroatoms. The smallest absolute Gasteiger partial charge is 0.312 e. The average molecular weight is 456 g/mol.